The predicted octanol–water partition coefficient (Wildman–Crippen LogP) is 3.18. The van der Waals surface area contributed by atoms with E-state index in [0.29, 0.717) is 42.2 Å². The maximum absolute atomic E-state index is 12.0. The third-order valence-electron chi connectivity index (χ3n) is 4.80. The maximum atomic E-state index is 12.0. The average Bonchev–Trinajstić information content (AvgIpc) is 3.23. The molecule has 0 bridgehead atoms. The normalized spacial score (nSPS) is 16.0. The van der Waals surface area contributed by atoms with Gasteiger partial charge in [0.1, 0.15) is 0 Å². The number of carbonyl (C=O) groups excluding carboxylic acids is 1. The molecule has 0 spiro atoms. The van der Waals surface area contributed by atoms with Crippen LogP contribution in [-0.4, -0.2) is 35.6 Å². The van der Waals surface area contributed by atoms with Crippen molar-refractivity contribution >= 4 is 29.2 Å². The summed E-state index contributed by atoms with van der Waals surface area (Å²) in [6, 6.07) is 15.1. The fourth-order valence-electron chi connectivity index (χ4n) is 3.36. The van der Waals surface area contributed by atoms with Crippen LogP contribution in [0.1, 0.15) is 23.8 Å². The van der Waals surface area contributed by atoms with Crippen molar-refractivity contribution in [3.63, 3.8) is 0 Å². The number of aromatic nitrogens is 2. The van der Waals surface area contributed by atoms with Crippen LogP contribution in [-0.2, 0) is 11.3 Å². The molecule has 0 fully saturated rings. The van der Waals surface area contributed by atoms with Gasteiger partial charge in [0.15, 0.2) is 5.96 Å². The van der Waals surface area contributed by atoms with Crippen LogP contribution in [0.4, 0.5) is 5.69 Å². The van der Waals surface area contributed by atoms with Gasteiger partial charge >= 0.3 is 0 Å². The molecule has 30 heavy (non-hydrogen) atoms. The number of para-hydroxylation sites is 1. The van der Waals surface area contributed by atoms with Crippen molar-refractivity contribution in [2.75, 3.05) is 18.9 Å². The van der Waals surface area contributed by atoms with E-state index >= 15 is 0 Å². The fourth-order valence-corrected chi connectivity index (χ4v) is 3.55. The Labute approximate surface area is 178 Å². The molecule has 0 radical (unpaired) electrons. The molecule has 1 aliphatic rings. The molecule has 0 saturated carbocycles. The number of anilines is 1. The first-order valence-electron chi connectivity index (χ1n) is 9.54. The summed E-state index contributed by atoms with van der Waals surface area (Å²) in [5.41, 5.74) is 2.76. The van der Waals surface area contributed by atoms with E-state index in [4.69, 9.17) is 16.1 Å². The summed E-state index contributed by atoms with van der Waals surface area (Å²) in [7, 11) is 1.68. The smallest absolute Gasteiger partial charge is 0.246 e. The number of fused-ring (bicyclic) bond motifs is 1. The first-order valence-corrected chi connectivity index (χ1v) is 9.92. The number of nitrogens with zero attached hydrogens (tertiary/aromatic N) is 3. The van der Waals surface area contributed by atoms with Crippen LogP contribution in [0, 0.1) is 0 Å². The van der Waals surface area contributed by atoms with Crippen molar-refractivity contribution in [3.8, 4) is 11.4 Å². The van der Waals surface area contributed by atoms with Crippen molar-refractivity contribution in [2.24, 2.45) is 4.99 Å². The molecule has 1 aliphatic heterocycles. The van der Waals surface area contributed by atoms with Crippen molar-refractivity contribution in [2.45, 2.75) is 18.9 Å². The Hall–Kier alpha value is -3.39. The molecule has 0 saturated heterocycles. The van der Waals surface area contributed by atoms with E-state index < -0.39 is 0 Å². The third kappa shape index (κ3) is 4.60. The SMILES string of the molecule is CN=C(NCc1nc(-c2cccc(Cl)c2)no1)NCC1CC(=O)Nc2ccccc21. The molecule has 2 heterocycles. The molecule has 3 aromatic rings. The van der Waals surface area contributed by atoms with Gasteiger partial charge in [-0.05, 0) is 23.8 Å². The standard InChI is InChI=1S/C21H21ClN6O2/c1-23-21(24-11-14-10-18(29)26-17-8-3-2-7-16(14)17)25-12-19-27-20(28-30-19)13-5-4-6-15(22)9-13/h2-9,14H,10-12H2,1H3,(H,26,29)(H2,23,24,25). The topological polar surface area (TPSA) is 104 Å². The number of guanidine groups is 1. The summed E-state index contributed by atoms with van der Waals surface area (Å²) in [5, 5.41) is 13.9. The van der Waals surface area contributed by atoms with E-state index in [-0.39, 0.29) is 11.8 Å². The quantitative estimate of drug-likeness (QED) is 0.429. The van der Waals surface area contributed by atoms with E-state index in [1.807, 2.05) is 36.4 Å². The first kappa shape index (κ1) is 19.9. The van der Waals surface area contributed by atoms with Crippen LogP contribution in [0.25, 0.3) is 11.4 Å². The fraction of sp³-hybridized carbons (Fsp3) is 0.238. The van der Waals surface area contributed by atoms with Gasteiger partial charge in [-0.3, -0.25) is 9.79 Å². The second-order valence-electron chi connectivity index (χ2n) is 6.87. The summed E-state index contributed by atoms with van der Waals surface area (Å²) in [4.78, 5) is 20.6. The van der Waals surface area contributed by atoms with Gasteiger partial charge in [0, 0.05) is 42.2 Å². The first-order chi connectivity index (χ1) is 14.6. The lowest BCUT2D eigenvalue weighted by molar-refractivity contribution is -0.116. The number of benzene rings is 2. The minimum Gasteiger partial charge on any atom is -0.356 e. The summed E-state index contributed by atoms with van der Waals surface area (Å²) < 4.78 is 5.31. The lowest BCUT2D eigenvalue weighted by Gasteiger charge is -2.26. The van der Waals surface area contributed by atoms with Crippen LogP contribution in [0.3, 0.4) is 0 Å². The number of hydrogen-bond acceptors (Lipinski definition) is 5. The van der Waals surface area contributed by atoms with Gasteiger partial charge in [-0.15, -0.1) is 0 Å². The number of rotatable bonds is 5. The maximum Gasteiger partial charge on any atom is 0.246 e. The van der Waals surface area contributed by atoms with E-state index in [1.54, 1.807) is 19.2 Å². The van der Waals surface area contributed by atoms with Crippen molar-refractivity contribution in [3.05, 3.63) is 65.0 Å². The number of hydrogen-bond donors (Lipinski definition) is 3. The van der Waals surface area contributed by atoms with Crippen LogP contribution in [0.5, 0.6) is 0 Å². The predicted molar refractivity (Wildman–Crippen MR) is 115 cm³/mol. The highest BCUT2D eigenvalue weighted by Crippen LogP contribution is 2.31. The van der Waals surface area contributed by atoms with E-state index in [0.717, 1.165) is 16.8 Å². The Morgan fingerprint density at radius 1 is 1.27 bits per heavy atom. The molecule has 1 aromatic heterocycles. The highest BCUT2D eigenvalue weighted by atomic mass is 35.5. The van der Waals surface area contributed by atoms with Gasteiger partial charge in [-0.2, -0.15) is 4.98 Å². The largest absolute Gasteiger partial charge is 0.356 e. The monoisotopic (exact) mass is 424 g/mol. The van der Waals surface area contributed by atoms with Gasteiger partial charge in [0.05, 0.1) is 6.54 Å². The number of halogens is 1. The third-order valence-corrected chi connectivity index (χ3v) is 5.04. The molecule has 8 nitrogen and oxygen atoms in total. The van der Waals surface area contributed by atoms with E-state index in [9.17, 15) is 4.79 Å². The summed E-state index contributed by atoms with van der Waals surface area (Å²) in [5.74, 6) is 1.56. The lowest BCUT2D eigenvalue weighted by atomic mass is 9.90. The zero-order valence-corrected chi connectivity index (χ0v) is 17.1. The zero-order valence-electron chi connectivity index (χ0n) is 16.4. The van der Waals surface area contributed by atoms with Crippen molar-refractivity contribution in [1.29, 1.82) is 0 Å². The van der Waals surface area contributed by atoms with Gasteiger partial charge < -0.3 is 20.5 Å². The van der Waals surface area contributed by atoms with Crippen molar-refractivity contribution < 1.29 is 9.32 Å². The number of nitrogens with one attached hydrogen (secondary N) is 3. The second kappa shape index (κ2) is 8.96. The number of aliphatic imine (C=N–C) groups is 1. The molecule has 1 unspecified atom stereocenters. The van der Waals surface area contributed by atoms with Gasteiger partial charge in [0.2, 0.25) is 17.6 Å². The average molecular weight is 425 g/mol. The van der Waals surface area contributed by atoms with Crippen LogP contribution >= 0.6 is 11.6 Å². The number of amides is 1. The molecule has 3 N–H and O–H groups in total. The zero-order chi connectivity index (χ0) is 20.9. The second-order valence-corrected chi connectivity index (χ2v) is 7.30. The highest BCUT2D eigenvalue weighted by molar-refractivity contribution is 6.30. The Balaban J connectivity index is 1.35. The lowest BCUT2D eigenvalue weighted by Crippen LogP contribution is -2.40. The molecule has 9 heteroatoms. The Bertz CT molecular complexity index is 1080. The molecular formula is C21H21ClN6O2. The van der Waals surface area contributed by atoms with Crippen LogP contribution in [0.2, 0.25) is 5.02 Å². The molecular weight excluding hydrogens is 404 g/mol. The van der Waals surface area contributed by atoms with Gasteiger partial charge in [0.25, 0.3) is 0 Å². The van der Waals surface area contributed by atoms with Gasteiger partial charge in [-0.25, -0.2) is 0 Å². The molecule has 154 valence electrons. The van der Waals surface area contributed by atoms with Gasteiger partial charge in [-0.1, -0.05) is 47.1 Å². The van der Waals surface area contributed by atoms with Crippen LogP contribution < -0.4 is 16.0 Å². The Kier molecular flexibility index (Phi) is 5.94. The van der Waals surface area contributed by atoms with Crippen molar-refractivity contribution in [1.82, 2.24) is 20.8 Å². The summed E-state index contributed by atoms with van der Waals surface area (Å²) >= 11 is 6.01. The van der Waals surface area contributed by atoms with E-state index in [1.165, 1.54) is 0 Å². The minimum atomic E-state index is 0.0165. The Morgan fingerprint density at radius 2 is 2.13 bits per heavy atom. The molecule has 0 aliphatic carbocycles. The summed E-state index contributed by atoms with van der Waals surface area (Å²) in [6.07, 6.45) is 0.424. The minimum absolute atomic E-state index is 0.0165. The molecule has 1 amide bonds. The molecule has 4 rings (SSSR count). The number of carbonyl (C=O) groups is 1. The van der Waals surface area contributed by atoms with Crippen LogP contribution in [0.15, 0.2) is 58.0 Å². The van der Waals surface area contributed by atoms with E-state index in [2.05, 4.69) is 31.1 Å². The Morgan fingerprint density at radius 3 is 2.97 bits per heavy atom. The highest BCUT2D eigenvalue weighted by Gasteiger charge is 2.24. The summed E-state index contributed by atoms with van der Waals surface area (Å²) in [6.45, 7) is 0.886. The molecule has 1 atom stereocenters. The molecule has 2 aromatic carbocycles.